The van der Waals surface area contributed by atoms with E-state index >= 15 is 0 Å². The molecule has 0 rings (SSSR count). The van der Waals surface area contributed by atoms with Gasteiger partial charge in [-0.1, -0.05) is 41.5 Å². The average Bonchev–Trinajstić information content (AvgIpc) is 2.39. The molecule has 0 aliphatic heterocycles. The van der Waals surface area contributed by atoms with Crippen LogP contribution in [0.5, 0.6) is 0 Å². The fourth-order valence-electron chi connectivity index (χ4n) is 2.02. The lowest BCUT2D eigenvalue weighted by atomic mass is 10.1. The molecule has 0 aromatic rings. The molecular weight excluding hydrogens is 393 g/mol. The first-order valence-corrected chi connectivity index (χ1v) is 15.2. The highest BCUT2D eigenvalue weighted by molar-refractivity contribution is 6.74. The van der Waals surface area contributed by atoms with Crippen LogP contribution in [0.25, 0.3) is 0 Å². The van der Waals surface area contributed by atoms with Crippen molar-refractivity contribution in [2.24, 2.45) is 0 Å². The van der Waals surface area contributed by atoms with Gasteiger partial charge in [-0.3, -0.25) is 0 Å². The monoisotopic (exact) mass is 432 g/mol. The van der Waals surface area contributed by atoms with Crippen LogP contribution in [-0.2, 0) is 8.85 Å². The van der Waals surface area contributed by atoms with Crippen molar-refractivity contribution >= 4 is 16.6 Å². The van der Waals surface area contributed by atoms with Crippen LogP contribution in [0.3, 0.4) is 0 Å². The van der Waals surface area contributed by atoms with Gasteiger partial charge in [0.1, 0.15) is 6.10 Å². The highest BCUT2D eigenvalue weighted by Gasteiger charge is 2.52. The quantitative estimate of drug-likeness (QED) is 0.526. The molecule has 0 saturated carbocycles. The molecule has 4 nitrogen and oxygen atoms in total. The molecule has 0 heterocycles. The van der Waals surface area contributed by atoms with Gasteiger partial charge in [0.05, 0.1) is 6.10 Å². The molecule has 164 valence electrons. The first-order chi connectivity index (χ1) is 11.7. The summed E-state index contributed by atoms with van der Waals surface area (Å²) in [6.07, 6.45) is -10.2. The van der Waals surface area contributed by atoms with E-state index < -0.39 is 41.1 Å². The number of aliphatic hydroxyl groups excluding tert-OH is 2. The Morgan fingerprint density at radius 1 is 0.815 bits per heavy atom. The van der Waals surface area contributed by atoms with Crippen LogP contribution in [0, 0.1) is 0 Å². The number of halogens is 3. The molecule has 2 N–H and O–H groups in total. The van der Waals surface area contributed by atoms with E-state index in [4.69, 9.17) is 8.85 Å². The van der Waals surface area contributed by atoms with E-state index in [1.807, 2.05) is 67.7 Å². The van der Waals surface area contributed by atoms with E-state index in [2.05, 4.69) is 0 Å². The largest absolute Gasteiger partial charge is 0.416 e. The molecule has 0 aliphatic carbocycles. The summed E-state index contributed by atoms with van der Waals surface area (Å²) >= 11 is 0. The molecule has 0 aromatic heterocycles. The third kappa shape index (κ3) is 7.43. The van der Waals surface area contributed by atoms with Gasteiger partial charge < -0.3 is 19.1 Å². The Morgan fingerprint density at radius 2 is 1.19 bits per heavy atom. The molecule has 0 unspecified atom stereocenters. The van der Waals surface area contributed by atoms with E-state index in [0.29, 0.717) is 0 Å². The predicted octanol–water partition coefficient (Wildman–Crippen LogP) is 5.07. The van der Waals surface area contributed by atoms with Crippen LogP contribution in [0.1, 0.15) is 48.0 Å². The Labute approximate surface area is 164 Å². The van der Waals surface area contributed by atoms with E-state index in [1.54, 1.807) is 0 Å². The number of rotatable bonds is 8. The Morgan fingerprint density at radius 3 is 1.48 bits per heavy atom. The minimum Gasteiger partial charge on any atom is -0.411 e. The van der Waals surface area contributed by atoms with Gasteiger partial charge in [0.2, 0.25) is 0 Å². The van der Waals surface area contributed by atoms with Crippen LogP contribution in [0.15, 0.2) is 0 Å². The van der Waals surface area contributed by atoms with Gasteiger partial charge in [0, 0.05) is 6.61 Å². The van der Waals surface area contributed by atoms with Crippen LogP contribution < -0.4 is 0 Å². The van der Waals surface area contributed by atoms with Gasteiger partial charge in [-0.2, -0.15) is 13.2 Å². The second-order valence-corrected chi connectivity index (χ2v) is 19.8. The summed E-state index contributed by atoms with van der Waals surface area (Å²) in [6.45, 7) is 18.9. The molecule has 0 radical (unpaired) electrons. The maximum atomic E-state index is 13.4. The van der Waals surface area contributed by atoms with Crippen LogP contribution >= 0.6 is 0 Å². The molecule has 0 bridgehead atoms. The lowest BCUT2D eigenvalue weighted by Crippen LogP contribution is -2.58. The SMILES string of the molecule is CC(C)(C)[Si](C)(C)O[C@H]([C@H](CCO)O[Si](C)(C)C(C)(C)C)[C@@H](O)C(F)(F)F. The molecular formula is C18H39F3O4Si2. The van der Waals surface area contributed by atoms with Crippen LogP contribution in [-0.4, -0.2) is 57.9 Å². The second kappa shape index (κ2) is 8.83. The minimum atomic E-state index is -4.84. The summed E-state index contributed by atoms with van der Waals surface area (Å²) < 4.78 is 52.5. The van der Waals surface area contributed by atoms with E-state index in [9.17, 15) is 23.4 Å². The topological polar surface area (TPSA) is 58.9 Å². The predicted molar refractivity (Wildman–Crippen MR) is 108 cm³/mol. The molecule has 9 heteroatoms. The zero-order valence-electron chi connectivity index (χ0n) is 18.5. The summed E-state index contributed by atoms with van der Waals surface area (Å²) in [6, 6.07) is 0. The second-order valence-electron chi connectivity index (χ2n) is 10.3. The molecule has 3 atom stereocenters. The van der Waals surface area contributed by atoms with Gasteiger partial charge in [0.15, 0.2) is 22.7 Å². The van der Waals surface area contributed by atoms with Crippen molar-refractivity contribution in [3.8, 4) is 0 Å². The highest BCUT2D eigenvalue weighted by Crippen LogP contribution is 2.42. The van der Waals surface area contributed by atoms with Crippen molar-refractivity contribution in [2.75, 3.05) is 6.61 Å². The van der Waals surface area contributed by atoms with Crippen molar-refractivity contribution in [3.05, 3.63) is 0 Å². The van der Waals surface area contributed by atoms with Gasteiger partial charge in [-0.05, 0) is 42.7 Å². The van der Waals surface area contributed by atoms with Crippen LogP contribution in [0.4, 0.5) is 13.2 Å². The number of aliphatic hydroxyl groups is 2. The third-order valence-electron chi connectivity index (χ3n) is 5.92. The standard InChI is InChI=1S/C18H39F3O4Si2/c1-16(2,3)26(7,8)24-13(11-12-22)14(15(23)18(19,20)21)25-27(9,10)17(4,5)6/h13-15,22-23H,11-12H2,1-10H3/t13-,14+,15+/m0/s1. The molecule has 0 saturated heterocycles. The summed E-state index contributed by atoms with van der Waals surface area (Å²) in [4.78, 5) is 0. The summed E-state index contributed by atoms with van der Waals surface area (Å²) in [5.41, 5.74) is 0. The maximum Gasteiger partial charge on any atom is 0.416 e. The Balaban J connectivity index is 6.03. The lowest BCUT2D eigenvalue weighted by molar-refractivity contribution is -0.238. The zero-order valence-corrected chi connectivity index (χ0v) is 20.5. The van der Waals surface area contributed by atoms with Gasteiger partial charge >= 0.3 is 6.18 Å². The summed E-state index contributed by atoms with van der Waals surface area (Å²) in [7, 11) is -5.08. The van der Waals surface area contributed by atoms with Crippen molar-refractivity contribution in [1.82, 2.24) is 0 Å². The molecule has 0 spiro atoms. The molecule has 0 aromatic carbocycles. The van der Waals surface area contributed by atoms with Crippen molar-refractivity contribution in [3.63, 3.8) is 0 Å². The molecule has 0 amide bonds. The Hall–Kier alpha value is 0.0638. The Bertz CT molecular complexity index is 469. The van der Waals surface area contributed by atoms with E-state index in [0.717, 1.165) is 0 Å². The highest BCUT2D eigenvalue weighted by atomic mass is 28.4. The Kier molecular flexibility index (Phi) is 8.85. The first-order valence-electron chi connectivity index (χ1n) is 9.38. The lowest BCUT2D eigenvalue weighted by Gasteiger charge is -2.46. The number of hydrogen-bond acceptors (Lipinski definition) is 4. The first kappa shape index (κ1) is 27.1. The van der Waals surface area contributed by atoms with Crippen molar-refractivity contribution in [1.29, 1.82) is 0 Å². The van der Waals surface area contributed by atoms with Gasteiger partial charge in [-0.15, -0.1) is 0 Å². The van der Waals surface area contributed by atoms with Crippen LogP contribution in [0.2, 0.25) is 36.3 Å². The zero-order chi connectivity index (χ0) is 22.1. The normalized spacial score (nSPS) is 18.3. The maximum absolute atomic E-state index is 13.4. The number of hydrogen-bond donors (Lipinski definition) is 2. The van der Waals surface area contributed by atoms with E-state index in [1.165, 1.54) is 0 Å². The average molecular weight is 433 g/mol. The fraction of sp³-hybridized carbons (Fsp3) is 1.00. The number of alkyl halides is 3. The minimum absolute atomic E-state index is 0.0288. The third-order valence-corrected chi connectivity index (χ3v) is 14.9. The summed E-state index contributed by atoms with van der Waals surface area (Å²) in [5.74, 6) is 0. The smallest absolute Gasteiger partial charge is 0.411 e. The van der Waals surface area contributed by atoms with Crippen molar-refractivity contribution in [2.45, 2.75) is 109 Å². The molecule has 0 aliphatic rings. The molecule has 27 heavy (non-hydrogen) atoms. The van der Waals surface area contributed by atoms with Gasteiger partial charge in [-0.25, -0.2) is 0 Å². The van der Waals surface area contributed by atoms with Gasteiger partial charge in [0.25, 0.3) is 0 Å². The van der Waals surface area contributed by atoms with E-state index in [-0.39, 0.29) is 23.1 Å². The fourth-order valence-corrected chi connectivity index (χ4v) is 4.70. The summed E-state index contributed by atoms with van der Waals surface area (Å²) in [5, 5.41) is 19.0. The van der Waals surface area contributed by atoms with Crippen molar-refractivity contribution < 1.29 is 32.2 Å². The molecule has 0 fully saturated rings.